The van der Waals surface area contributed by atoms with Gasteiger partial charge in [0.05, 0.1) is 53.1 Å². The third kappa shape index (κ3) is 16.3. The van der Waals surface area contributed by atoms with Crippen LogP contribution >= 0.6 is 0 Å². The van der Waals surface area contributed by atoms with E-state index >= 15 is 0 Å². The molecule has 0 amide bonds. The number of methoxy groups -OCH3 is 2. The molecule has 57 heavy (non-hydrogen) atoms. The number of aromatic nitrogens is 6. The molecule has 0 aliphatic rings. The van der Waals surface area contributed by atoms with Crippen LogP contribution in [0.15, 0.2) is 46.2 Å². The maximum absolute atomic E-state index is 12.3. The maximum atomic E-state index is 12.3. The Hall–Kier alpha value is -2.35. The number of rotatable bonds is 19. The first kappa shape index (κ1) is 52.7. The fourth-order valence-electron chi connectivity index (χ4n) is 4.43. The minimum absolute atomic E-state index is 0. The zero-order chi connectivity index (χ0) is 39.7. The smallest absolute Gasteiger partial charge is 0.748 e. The normalized spacial score (nSPS) is 11.4. The van der Waals surface area contributed by atoms with Gasteiger partial charge in [0.2, 0.25) is 23.8 Å². The minimum atomic E-state index is -5.17. The summed E-state index contributed by atoms with van der Waals surface area (Å²) in [5.74, 6) is -1.34. The first-order chi connectivity index (χ1) is 25.4. The van der Waals surface area contributed by atoms with Crippen molar-refractivity contribution in [2.75, 3.05) is 73.7 Å². The van der Waals surface area contributed by atoms with E-state index in [-0.39, 0.29) is 180 Å². The van der Waals surface area contributed by atoms with Crippen molar-refractivity contribution >= 4 is 77.7 Å². The zero-order valence-electron chi connectivity index (χ0n) is 31.1. The molecule has 2 heterocycles. The summed E-state index contributed by atoms with van der Waals surface area (Å²) >= 11 is 0. The van der Waals surface area contributed by atoms with Crippen LogP contribution in [0.1, 0.15) is 11.1 Å². The Labute approximate surface area is 393 Å². The Morgan fingerprint density at radius 1 is 0.667 bits per heavy atom. The molecule has 0 fully saturated rings. The monoisotopic (exact) mass is 880 g/mol. The molecule has 29 heteroatoms. The predicted octanol–water partition coefficient (Wildman–Crippen LogP) is -9.70. The molecule has 0 unspecified atom stereocenters. The van der Waals surface area contributed by atoms with E-state index in [2.05, 4.69) is 45.9 Å². The van der Waals surface area contributed by atoms with Gasteiger partial charge in [-0.25, -0.2) is 25.3 Å². The number of benzene rings is 2. The van der Waals surface area contributed by atoms with Crippen molar-refractivity contribution < 1.29 is 147 Å². The Kier molecular flexibility index (Phi) is 21.7. The molecule has 5 N–H and O–H groups in total. The molecule has 0 aliphatic carbocycles. The van der Waals surface area contributed by atoms with E-state index in [1.54, 1.807) is 0 Å². The van der Waals surface area contributed by atoms with Gasteiger partial charge < -0.3 is 54.2 Å². The quantitative estimate of drug-likeness (QED) is 0.0332. The Morgan fingerprint density at radius 3 is 1.53 bits per heavy atom. The number of hydrogen-bond donors (Lipinski definition) is 5. The number of aliphatic hydroxyl groups is 2. The van der Waals surface area contributed by atoms with Crippen molar-refractivity contribution in [3.05, 3.63) is 47.5 Å². The van der Waals surface area contributed by atoms with Gasteiger partial charge in [0.1, 0.15) is 20.2 Å². The summed E-state index contributed by atoms with van der Waals surface area (Å²) in [5.41, 5.74) is -0.365. The van der Waals surface area contributed by atoms with E-state index in [1.807, 2.05) is 0 Å². The summed E-state index contributed by atoms with van der Waals surface area (Å²) in [6.07, 6.45) is 2.21. The topological polar surface area (TPSA) is 347 Å². The third-order valence-electron chi connectivity index (χ3n) is 6.76. The number of anilines is 6. The van der Waals surface area contributed by atoms with E-state index < -0.39 is 45.9 Å². The van der Waals surface area contributed by atoms with E-state index in [1.165, 1.54) is 43.4 Å². The van der Waals surface area contributed by atoms with Gasteiger partial charge in [-0.05, 0) is 35.4 Å². The second-order valence-electron chi connectivity index (χ2n) is 10.5. The van der Waals surface area contributed by atoms with Crippen LogP contribution in [0.5, 0.6) is 12.0 Å². The first-order valence-electron chi connectivity index (χ1n) is 15.1. The Bertz CT molecular complexity index is 2340. The van der Waals surface area contributed by atoms with Gasteiger partial charge in [-0.15, -0.1) is 0 Å². The molecule has 2 aromatic carbocycles. The molecule has 2 aromatic heterocycles. The van der Waals surface area contributed by atoms with Crippen LogP contribution in [0.3, 0.4) is 0 Å². The minimum Gasteiger partial charge on any atom is -0.748 e. The van der Waals surface area contributed by atoms with Crippen LogP contribution in [0.25, 0.3) is 12.2 Å². The van der Waals surface area contributed by atoms with Gasteiger partial charge >= 0.3 is 101 Å². The van der Waals surface area contributed by atoms with Gasteiger partial charge in [-0.3, -0.25) is 0 Å². The van der Waals surface area contributed by atoms with Crippen LogP contribution < -0.4 is 119 Å². The van der Waals surface area contributed by atoms with E-state index in [0.29, 0.717) is 0 Å². The zero-order valence-corrected chi connectivity index (χ0v) is 39.6. The second kappa shape index (κ2) is 23.4. The molecule has 292 valence electrons. The van der Waals surface area contributed by atoms with Gasteiger partial charge in [0.25, 0.3) is 0 Å². The molecule has 0 saturated carbocycles. The molecule has 0 atom stereocenters. The van der Waals surface area contributed by atoms with Crippen molar-refractivity contribution in [2.45, 2.75) is 9.79 Å². The van der Waals surface area contributed by atoms with Crippen molar-refractivity contribution in [1.82, 2.24) is 29.9 Å². The van der Waals surface area contributed by atoms with Crippen LogP contribution in [0.2, 0.25) is 0 Å². The molecule has 0 saturated heterocycles. The molecule has 4 rings (SSSR count). The SMILES string of the molecule is COc1nc(NCCS(=O)(=O)[O-])nc(Nc2ccc(C=Cc3ccc(Nc4nc(OC)nc(N(CCO)CCO)n4)cc3S(=O)(=O)[O-])c(S(=O)(=O)[O-])c2)n1.[Na+].[Na+].[Na+]. The van der Waals surface area contributed by atoms with E-state index in [0.717, 1.165) is 24.3 Å². The van der Waals surface area contributed by atoms with Gasteiger partial charge in [0.15, 0.2) is 0 Å². The van der Waals surface area contributed by atoms with Crippen LogP contribution in [0.4, 0.5) is 35.2 Å². The van der Waals surface area contributed by atoms with Gasteiger partial charge in [-0.2, -0.15) is 29.9 Å². The Balaban J connectivity index is 0.00000541. The summed E-state index contributed by atoms with van der Waals surface area (Å²) in [7, 11) is -12.4. The molecule has 0 radical (unpaired) electrons. The molecule has 0 aliphatic heterocycles. The number of aliphatic hydroxyl groups excluding tert-OH is 2. The number of nitrogens with zero attached hydrogens (tertiary/aromatic N) is 7. The fourth-order valence-corrected chi connectivity index (χ4v) is 6.17. The van der Waals surface area contributed by atoms with Crippen molar-refractivity contribution in [2.24, 2.45) is 0 Å². The molecule has 0 bridgehead atoms. The summed E-state index contributed by atoms with van der Waals surface area (Å²) in [5, 5.41) is 26.7. The van der Waals surface area contributed by atoms with Gasteiger partial charge in [0, 0.05) is 31.0 Å². The first-order valence-corrected chi connectivity index (χ1v) is 19.5. The maximum Gasteiger partial charge on any atom is 1.00 e. The van der Waals surface area contributed by atoms with Crippen LogP contribution in [-0.2, 0) is 30.4 Å². The molecule has 4 aromatic rings. The standard InChI is InChI=1S/C28H34N10O13S3.3Na/c1-50-27-34-23(29-9-14-52(41,42)43)32-24(35-27)30-19-7-5-17(21(15-19)53(44,45)46)3-4-18-6-8-20(16-22(18)54(47,48)49)31-25-33-26(37-28(36-25)51-2)38(10-12-39)11-13-40;;;/h3-8,15-16,39-40H,9-14H2,1-2H3,(H,41,42,43)(H,44,45,46)(H,47,48,49)(H,31,33,36,37)(H2,29,30,32,34,35);;;/q;3*+1/p-3. The number of hydrogen-bond acceptors (Lipinski definition) is 23. The summed E-state index contributed by atoms with van der Waals surface area (Å²) in [4.78, 5) is 24.1. The molecule has 0 spiro atoms. The number of nitrogens with one attached hydrogen (secondary N) is 3. The molecular formula is C28H31N10Na3O13S3. The predicted molar refractivity (Wildman–Crippen MR) is 187 cm³/mol. The Morgan fingerprint density at radius 2 is 1.11 bits per heavy atom. The summed E-state index contributed by atoms with van der Waals surface area (Å²) in [6, 6.07) is 6.60. The van der Waals surface area contributed by atoms with Gasteiger partial charge in [-0.1, -0.05) is 24.3 Å². The summed E-state index contributed by atoms with van der Waals surface area (Å²) < 4.78 is 117. The fraction of sp³-hybridized carbons (Fsp3) is 0.286. The van der Waals surface area contributed by atoms with Crippen molar-refractivity contribution in [3.8, 4) is 12.0 Å². The summed E-state index contributed by atoms with van der Waals surface area (Å²) in [6.45, 7) is -0.829. The second-order valence-corrected chi connectivity index (χ2v) is 14.8. The molecular weight excluding hydrogens is 850 g/mol. The average molecular weight is 881 g/mol. The third-order valence-corrected chi connectivity index (χ3v) is 9.25. The van der Waals surface area contributed by atoms with Crippen molar-refractivity contribution in [1.29, 1.82) is 0 Å². The van der Waals surface area contributed by atoms with Crippen LogP contribution in [0, 0.1) is 0 Å². The van der Waals surface area contributed by atoms with E-state index in [4.69, 9.17) is 9.47 Å². The molecule has 23 nitrogen and oxygen atoms in total. The van der Waals surface area contributed by atoms with Crippen LogP contribution in [-0.4, -0.2) is 132 Å². The average Bonchev–Trinajstić information content (AvgIpc) is 3.09. The van der Waals surface area contributed by atoms with Crippen molar-refractivity contribution in [3.63, 3.8) is 0 Å². The largest absolute Gasteiger partial charge is 1.00 e. The number of ether oxygens (including phenoxy) is 2. The van der Waals surface area contributed by atoms with E-state index in [9.17, 15) is 49.1 Å².